The second-order valence-electron chi connectivity index (χ2n) is 6.41. The first kappa shape index (κ1) is 15.6. The standard InChI is InChI=1S/C17H18N6O2/c24-16(13-2-6-19-15-3-5-18-10-14(13)15)22-8-1-4-17(25,11-22)12-23-9-7-20-21-23/h2-3,5-7,9-10,25H,1,4,8,11-12H2. The number of piperidine rings is 1. The van der Waals surface area contributed by atoms with E-state index in [0.29, 0.717) is 25.1 Å². The van der Waals surface area contributed by atoms with Crippen LogP contribution in [0.25, 0.3) is 10.9 Å². The molecular formula is C17H18N6O2. The lowest BCUT2D eigenvalue weighted by Crippen LogP contribution is -2.52. The maximum Gasteiger partial charge on any atom is 0.254 e. The van der Waals surface area contributed by atoms with Crippen LogP contribution in [0, 0.1) is 0 Å². The Morgan fingerprint density at radius 2 is 2.20 bits per heavy atom. The van der Waals surface area contributed by atoms with Crippen molar-refractivity contribution in [2.75, 3.05) is 13.1 Å². The monoisotopic (exact) mass is 338 g/mol. The summed E-state index contributed by atoms with van der Waals surface area (Å²) >= 11 is 0. The highest BCUT2D eigenvalue weighted by Crippen LogP contribution is 2.25. The normalized spacial score (nSPS) is 20.8. The van der Waals surface area contributed by atoms with E-state index in [2.05, 4.69) is 20.3 Å². The Labute approximate surface area is 144 Å². The number of hydrogen-bond acceptors (Lipinski definition) is 6. The Bertz CT molecular complexity index is 892. The van der Waals surface area contributed by atoms with Gasteiger partial charge in [-0.25, -0.2) is 4.68 Å². The minimum Gasteiger partial charge on any atom is -0.386 e. The average molecular weight is 338 g/mol. The minimum atomic E-state index is -1.01. The number of nitrogens with zero attached hydrogens (tertiary/aromatic N) is 6. The Balaban J connectivity index is 1.59. The SMILES string of the molecule is O=C(c1ccnc2ccncc12)N1CCCC(O)(Cn2ccnn2)C1. The van der Waals surface area contributed by atoms with E-state index in [4.69, 9.17) is 0 Å². The third kappa shape index (κ3) is 3.08. The minimum absolute atomic E-state index is 0.114. The molecule has 0 aromatic carbocycles. The summed E-state index contributed by atoms with van der Waals surface area (Å²) in [6.45, 7) is 1.19. The molecule has 0 bridgehead atoms. The quantitative estimate of drug-likeness (QED) is 0.762. The van der Waals surface area contributed by atoms with E-state index in [1.165, 1.54) is 0 Å². The average Bonchev–Trinajstić information content (AvgIpc) is 3.13. The van der Waals surface area contributed by atoms with Gasteiger partial charge in [-0.1, -0.05) is 5.21 Å². The van der Waals surface area contributed by atoms with E-state index in [1.54, 1.807) is 52.7 Å². The molecule has 25 heavy (non-hydrogen) atoms. The molecule has 4 heterocycles. The van der Waals surface area contributed by atoms with Gasteiger partial charge in [-0.05, 0) is 25.0 Å². The third-order valence-corrected chi connectivity index (χ3v) is 4.54. The number of likely N-dealkylation sites (tertiary alicyclic amines) is 1. The third-order valence-electron chi connectivity index (χ3n) is 4.54. The lowest BCUT2D eigenvalue weighted by atomic mass is 9.92. The summed E-state index contributed by atoms with van der Waals surface area (Å²) in [7, 11) is 0. The van der Waals surface area contributed by atoms with Gasteiger partial charge in [-0.15, -0.1) is 5.10 Å². The Hall–Kier alpha value is -2.87. The zero-order valence-corrected chi connectivity index (χ0v) is 13.6. The molecular weight excluding hydrogens is 320 g/mol. The van der Waals surface area contributed by atoms with E-state index < -0.39 is 5.60 Å². The van der Waals surface area contributed by atoms with Gasteiger partial charge < -0.3 is 10.0 Å². The van der Waals surface area contributed by atoms with E-state index >= 15 is 0 Å². The first-order chi connectivity index (χ1) is 12.1. The van der Waals surface area contributed by atoms with Crippen LogP contribution in [-0.2, 0) is 6.54 Å². The Kier molecular flexibility index (Phi) is 3.89. The number of carbonyl (C=O) groups excluding carboxylic acids is 1. The fraction of sp³-hybridized carbons (Fsp3) is 0.353. The van der Waals surface area contributed by atoms with E-state index in [-0.39, 0.29) is 12.5 Å². The molecule has 1 fully saturated rings. The van der Waals surface area contributed by atoms with Crippen molar-refractivity contribution in [3.8, 4) is 0 Å². The summed E-state index contributed by atoms with van der Waals surface area (Å²) in [4.78, 5) is 23.1. The van der Waals surface area contributed by atoms with Gasteiger partial charge >= 0.3 is 0 Å². The van der Waals surface area contributed by atoms with Crippen molar-refractivity contribution < 1.29 is 9.90 Å². The van der Waals surface area contributed by atoms with Gasteiger partial charge in [0.2, 0.25) is 0 Å². The molecule has 1 amide bonds. The van der Waals surface area contributed by atoms with Gasteiger partial charge in [-0.2, -0.15) is 0 Å². The molecule has 8 heteroatoms. The number of hydrogen-bond donors (Lipinski definition) is 1. The number of rotatable bonds is 3. The van der Waals surface area contributed by atoms with E-state index in [1.807, 2.05) is 0 Å². The lowest BCUT2D eigenvalue weighted by Gasteiger charge is -2.39. The number of aliphatic hydroxyl groups is 1. The molecule has 4 rings (SSSR count). The first-order valence-corrected chi connectivity index (χ1v) is 8.19. The van der Waals surface area contributed by atoms with Gasteiger partial charge in [0.25, 0.3) is 5.91 Å². The predicted octanol–water partition coefficient (Wildman–Crippen LogP) is 0.889. The van der Waals surface area contributed by atoms with Crippen molar-refractivity contribution in [3.63, 3.8) is 0 Å². The molecule has 1 aliphatic heterocycles. The summed E-state index contributed by atoms with van der Waals surface area (Å²) in [6, 6.07) is 3.49. The van der Waals surface area contributed by atoms with Crippen LogP contribution in [-0.4, -0.2) is 59.6 Å². The molecule has 1 N–H and O–H groups in total. The summed E-state index contributed by atoms with van der Waals surface area (Å²) in [5, 5.41) is 19.3. The fourth-order valence-corrected chi connectivity index (χ4v) is 3.38. The second kappa shape index (κ2) is 6.21. The molecule has 0 spiro atoms. The topological polar surface area (TPSA) is 97.0 Å². The van der Waals surface area contributed by atoms with Crippen molar-refractivity contribution >= 4 is 16.8 Å². The van der Waals surface area contributed by atoms with Gasteiger partial charge in [0.15, 0.2) is 0 Å². The number of fused-ring (bicyclic) bond motifs is 1. The van der Waals surface area contributed by atoms with Crippen LogP contribution >= 0.6 is 0 Å². The van der Waals surface area contributed by atoms with Crippen molar-refractivity contribution in [2.24, 2.45) is 0 Å². The maximum atomic E-state index is 13.0. The predicted molar refractivity (Wildman–Crippen MR) is 89.6 cm³/mol. The van der Waals surface area contributed by atoms with E-state index in [9.17, 15) is 9.90 Å². The highest BCUT2D eigenvalue weighted by Gasteiger charge is 2.36. The van der Waals surface area contributed by atoms with Crippen LogP contribution < -0.4 is 0 Å². The first-order valence-electron chi connectivity index (χ1n) is 8.19. The van der Waals surface area contributed by atoms with E-state index in [0.717, 1.165) is 17.3 Å². The molecule has 3 aromatic rings. The highest BCUT2D eigenvalue weighted by atomic mass is 16.3. The molecule has 0 aliphatic carbocycles. The molecule has 1 aliphatic rings. The fourth-order valence-electron chi connectivity index (χ4n) is 3.38. The van der Waals surface area contributed by atoms with Crippen LogP contribution in [0.15, 0.2) is 43.1 Å². The zero-order valence-electron chi connectivity index (χ0n) is 13.6. The Morgan fingerprint density at radius 1 is 1.28 bits per heavy atom. The molecule has 1 saturated heterocycles. The molecule has 1 unspecified atom stereocenters. The summed E-state index contributed by atoms with van der Waals surface area (Å²) in [6.07, 6.45) is 9.57. The number of carbonyl (C=O) groups is 1. The van der Waals surface area contributed by atoms with Crippen LogP contribution in [0.5, 0.6) is 0 Å². The maximum absolute atomic E-state index is 13.0. The smallest absolute Gasteiger partial charge is 0.254 e. The highest BCUT2D eigenvalue weighted by molar-refractivity contribution is 6.05. The number of β-amino-alcohol motifs (C(OH)–C–C–N with tert-alkyl or cyclic N) is 1. The van der Waals surface area contributed by atoms with Gasteiger partial charge in [-0.3, -0.25) is 14.8 Å². The molecule has 3 aromatic heterocycles. The van der Waals surface area contributed by atoms with Gasteiger partial charge in [0.1, 0.15) is 5.60 Å². The molecule has 0 radical (unpaired) electrons. The Morgan fingerprint density at radius 3 is 3.04 bits per heavy atom. The van der Waals surface area contributed by atoms with Crippen LogP contribution in [0.3, 0.4) is 0 Å². The number of aromatic nitrogens is 5. The van der Waals surface area contributed by atoms with Gasteiger partial charge in [0.05, 0.1) is 30.4 Å². The number of amides is 1. The summed E-state index contributed by atoms with van der Waals surface area (Å²) in [5.41, 5.74) is 0.279. The molecule has 0 saturated carbocycles. The molecule has 128 valence electrons. The van der Waals surface area contributed by atoms with Crippen LogP contribution in [0.4, 0.5) is 0 Å². The van der Waals surface area contributed by atoms with Crippen molar-refractivity contribution in [1.82, 2.24) is 29.9 Å². The second-order valence-corrected chi connectivity index (χ2v) is 6.41. The summed E-state index contributed by atoms with van der Waals surface area (Å²) < 4.78 is 1.60. The lowest BCUT2D eigenvalue weighted by molar-refractivity contribution is -0.0387. The van der Waals surface area contributed by atoms with Crippen LogP contribution in [0.2, 0.25) is 0 Å². The van der Waals surface area contributed by atoms with Crippen molar-refractivity contribution in [3.05, 3.63) is 48.7 Å². The van der Waals surface area contributed by atoms with Crippen molar-refractivity contribution in [1.29, 1.82) is 0 Å². The summed E-state index contributed by atoms with van der Waals surface area (Å²) in [5.74, 6) is -0.114. The van der Waals surface area contributed by atoms with Crippen molar-refractivity contribution in [2.45, 2.75) is 25.0 Å². The van der Waals surface area contributed by atoms with Gasteiger partial charge in [0, 0.05) is 36.7 Å². The zero-order chi connectivity index (χ0) is 17.3. The van der Waals surface area contributed by atoms with Crippen LogP contribution in [0.1, 0.15) is 23.2 Å². The molecule has 1 atom stereocenters. The number of pyridine rings is 2. The largest absolute Gasteiger partial charge is 0.386 e. The molecule has 8 nitrogen and oxygen atoms in total.